The third kappa shape index (κ3) is 3.07. The second-order valence-corrected chi connectivity index (χ2v) is 6.60. The first-order chi connectivity index (χ1) is 11.1. The van der Waals surface area contributed by atoms with E-state index in [0.29, 0.717) is 6.42 Å². The van der Waals surface area contributed by atoms with Gasteiger partial charge in [-0.25, -0.2) is 0 Å². The average Bonchev–Trinajstić information content (AvgIpc) is 2.57. The number of ketones is 1. The summed E-state index contributed by atoms with van der Waals surface area (Å²) in [6.07, 6.45) is 0.354. The number of rotatable bonds is 3. The number of nitrogens with zero attached hydrogens (tertiary/aromatic N) is 1. The number of carbonyl (C=O) groups excluding carboxylic acids is 1. The summed E-state index contributed by atoms with van der Waals surface area (Å²) in [7, 11) is 0. The Bertz CT molecular complexity index is 654. The summed E-state index contributed by atoms with van der Waals surface area (Å²) in [5.41, 5.74) is 1.97. The smallest absolute Gasteiger partial charge is 0.140 e. The Labute approximate surface area is 137 Å². The number of hydrogen-bond acceptors (Lipinski definition) is 3. The van der Waals surface area contributed by atoms with Crippen LogP contribution < -0.4 is 0 Å². The molecule has 0 aliphatic carbocycles. The van der Waals surface area contributed by atoms with Crippen molar-refractivity contribution >= 4 is 5.78 Å². The van der Waals surface area contributed by atoms with Crippen LogP contribution in [0.15, 0.2) is 60.7 Å². The lowest BCUT2D eigenvalue weighted by Gasteiger charge is -2.43. The molecule has 3 atom stereocenters. The molecule has 0 saturated carbocycles. The van der Waals surface area contributed by atoms with Gasteiger partial charge in [-0.1, -0.05) is 74.5 Å². The minimum Gasteiger partial charge on any atom is -0.313 e. The van der Waals surface area contributed by atoms with E-state index in [1.807, 2.05) is 60.7 Å². The minimum absolute atomic E-state index is 0.180. The van der Waals surface area contributed by atoms with Crippen LogP contribution in [-0.4, -0.2) is 16.1 Å². The van der Waals surface area contributed by atoms with E-state index in [2.05, 4.69) is 13.8 Å². The van der Waals surface area contributed by atoms with Gasteiger partial charge in [0.25, 0.3) is 0 Å². The third-order valence-corrected chi connectivity index (χ3v) is 4.75. The van der Waals surface area contributed by atoms with E-state index in [1.165, 1.54) is 5.06 Å². The molecule has 0 radical (unpaired) electrons. The summed E-state index contributed by atoms with van der Waals surface area (Å²) in [5.74, 6) is 0.217. The van der Waals surface area contributed by atoms with Crippen LogP contribution in [0, 0.1) is 11.8 Å². The quantitative estimate of drug-likeness (QED) is 0.913. The van der Waals surface area contributed by atoms with Gasteiger partial charge >= 0.3 is 0 Å². The standard InChI is InChI=1S/C20H23NO2/c1-14(2)19-18(22)13-17(15-9-5-3-6-10-15)21(23)20(19)16-11-7-4-8-12-16/h3-12,14,17,19-20,23H,13H2,1-2H3. The van der Waals surface area contributed by atoms with Crippen LogP contribution in [0.25, 0.3) is 0 Å². The molecule has 3 unspecified atom stereocenters. The van der Waals surface area contributed by atoms with Crippen LogP contribution >= 0.6 is 0 Å². The van der Waals surface area contributed by atoms with Crippen molar-refractivity contribution < 1.29 is 10.0 Å². The number of hydroxylamine groups is 2. The van der Waals surface area contributed by atoms with E-state index < -0.39 is 0 Å². The molecule has 2 aromatic carbocycles. The highest BCUT2D eigenvalue weighted by Gasteiger charge is 2.44. The van der Waals surface area contributed by atoms with Gasteiger partial charge in [0.15, 0.2) is 0 Å². The molecule has 1 N–H and O–H groups in total. The predicted octanol–water partition coefficient (Wildman–Crippen LogP) is 4.41. The summed E-state index contributed by atoms with van der Waals surface area (Å²) in [5, 5.41) is 12.4. The fraction of sp³-hybridized carbons (Fsp3) is 0.350. The van der Waals surface area contributed by atoms with Crippen molar-refractivity contribution in [2.75, 3.05) is 0 Å². The van der Waals surface area contributed by atoms with Gasteiger partial charge in [0.2, 0.25) is 0 Å². The molecule has 1 aliphatic rings. The zero-order chi connectivity index (χ0) is 16.4. The lowest BCUT2D eigenvalue weighted by Crippen LogP contribution is -2.45. The molecule has 1 fully saturated rings. The summed E-state index contributed by atoms with van der Waals surface area (Å²) in [6, 6.07) is 19.0. The monoisotopic (exact) mass is 309 g/mol. The van der Waals surface area contributed by atoms with Crippen molar-refractivity contribution in [1.82, 2.24) is 5.06 Å². The van der Waals surface area contributed by atoms with Gasteiger partial charge in [-0.3, -0.25) is 4.79 Å². The maximum Gasteiger partial charge on any atom is 0.140 e. The molecule has 0 bridgehead atoms. The number of Topliss-reactive ketones (excluding diaryl/α,β-unsaturated/α-hetero) is 1. The number of hydrogen-bond donors (Lipinski definition) is 1. The van der Waals surface area contributed by atoms with Gasteiger partial charge in [0, 0.05) is 12.3 Å². The van der Waals surface area contributed by atoms with E-state index in [4.69, 9.17) is 0 Å². The van der Waals surface area contributed by atoms with Gasteiger partial charge < -0.3 is 5.21 Å². The molecule has 0 amide bonds. The van der Waals surface area contributed by atoms with Crippen molar-refractivity contribution in [3.05, 3.63) is 71.8 Å². The Hall–Kier alpha value is -1.97. The van der Waals surface area contributed by atoms with E-state index in [0.717, 1.165) is 11.1 Å². The van der Waals surface area contributed by atoms with Gasteiger partial charge in [0.1, 0.15) is 5.78 Å². The largest absolute Gasteiger partial charge is 0.313 e. The van der Waals surface area contributed by atoms with Crippen molar-refractivity contribution in [2.24, 2.45) is 11.8 Å². The SMILES string of the molecule is CC(C)C1C(=O)CC(c2ccccc2)N(O)C1c1ccccc1. The van der Waals surface area contributed by atoms with Gasteiger partial charge in [-0.15, -0.1) is 0 Å². The summed E-state index contributed by atoms with van der Waals surface area (Å²) in [6.45, 7) is 4.10. The van der Waals surface area contributed by atoms with Crippen LogP contribution in [0.1, 0.15) is 43.5 Å². The number of carbonyl (C=O) groups is 1. The van der Waals surface area contributed by atoms with Gasteiger partial charge in [-0.2, -0.15) is 5.06 Å². The molecular weight excluding hydrogens is 286 g/mol. The topological polar surface area (TPSA) is 40.5 Å². The van der Waals surface area contributed by atoms with Crippen LogP contribution in [0.5, 0.6) is 0 Å². The van der Waals surface area contributed by atoms with Crippen LogP contribution in [-0.2, 0) is 4.79 Å². The number of benzene rings is 2. The van der Waals surface area contributed by atoms with Crippen molar-refractivity contribution in [3.8, 4) is 0 Å². The van der Waals surface area contributed by atoms with Crippen LogP contribution in [0.2, 0.25) is 0 Å². The maximum atomic E-state index is 12.8. The van der Waals surface area contributed by atoms with E-state index in [9.17, 15) is 10.0 Å². The van der Waals surface area contributed by atoms with E-state index in [-0.39, 0.29) is 29.7 Å². The van der Waals surface area contributed by atoms with E-state index in [1.54, 1.807) is 0 Å². The van der Waals surface area contributed by atoms with Gasteiger partial charge in [0.05, 0.1) is 12.1 Å². The second kappa shape index (κ2) is 6.65. The average molecular weight is 309 g/mol. The highest BCUT2D eigenvalue weighted by molar-refractivity contribution is 5.84. The molecule has 1 heterocycles. The minimum atomic E-state index is -0.303. The lowest BCUT2D eigenvalue weighted by atomic mass is 9.75. The van der Waals surface area contributed by atoms with Gasteiger partial charge in [-0.05, 0) is 17.0 Å². The third-order valence-electron chi connectivity index (χ3n) is 4.75. The fourth-order valence-electron chi connectivity index (χ4n) is 3.65. The second-order valence-electron chi connectivity index (χ2n) is 6.60. The predicted molar refractivity (Wildman–Crippen MR) is 89.9 cm³/mol. The number of piperidine rings is 1. The summed E-state index contributed by atoms with van der Waals surface area (Å²) >= 11 is 0. The molecule has 3 rings (SSSR count). The molecule has 2 aromatic rings. The molecule has 0 aromatic heterocycles. The molecule has 3 heteroatoms. The van der Waals surface area contributed by atoms with Crippen molar-refractivity contribution in [2.45, 2.75) is 32.4 Å². The highest BCUT2D eigenvalue weighted by atomic mass is 16.5. The molecule has 120 valence electrons. The fourth-order valence-corrected chi connectivity index (χ4v) is 3.65. The summed E-state index contributed by atoms with van der Waals surface area (Å²) in [4.78, 5) is 12.8. The molecule has 1 saturated heterocycles. The van der Waals surface area contributed by atoms with Crippen molar-refractivity contribution in [1.29, 1.82) is 0 Å². The maximum absolute atomic E-state index is 12.8. The first-order valence-electron chi connectivity index (χ1n) is 8.19. The zero-order valence-corrected chi connectivity index (χ0v) is 13.6. The van der Waals surface area contributed by atoms with E-state index >= 15 is 0 Å². The first kappa shape index (κ1) is 15.9. The molecule has 3 nitrogen and oxygen atoms in total. The Morgan fingerprint density at radius 2 is 1.48 bits per heavy atom. The van der Waals surface area contributed by atoms with Crippen LogP contribution in [0.3, 0.4) is 0 Å². The molecule has 1 aliphatic heterocycles. The Morgan fingerprint density at radius 1 is 0.957 bits per heavy atom. The molecule has 23 heavy (non-hydrogen) atoms. The highest BCUT2D eigenvalue weighted by Crippen LogP contribution is 2.44. The molecule has 0 spiro atoms. The Balaban J connectivity index is 2.02. The first-order valence-corrected chi connectivity index (χ1v) is 8.19. The normalized spacial score (nSPS) is 25.7. The van der Waals surface area contributed by atoms with Crippen molar-refractivity contribution in [3.63, 3.8) is 0 Å². The zero-order valence-electron chi connectivity index (χ0n) is 13.6. The molecular formula is C20H23NO2. The lowest BCUT2D eigenvalue weighted by molar-refractivity contribution is -0.202. The Kier molecular flexibility index (Phi) is 4.60. The summed E-state index contributed by atoms with van der Waals surface area (Å²) < 4.78 is 0. The Morgan fingerprint density at radius 3 is 2.00 bits per heavy atom. The van der Waals surface area contributed by atoms with Crippen LogP contribution in [0.4, 0.5) is 0 Å².